The molecule has 0 aromatic heterocycles. The van der Waals surface area contributed by atoms with Crippen LogP contribution in [0, 0.1) is 0 Å². The van der Waals surface area contributed by atoms with Gasteiger partial charge in [0.15, 0.2) is 12.6 Å². The molecule has 0 aliphatic carbocycles. The van der Waals surface area contributed by atoms with E-state index in [2.05, 4.69) is 0 Å². The van der Waals surface area contributed by atoms with Crippen LogP contribution in [0.25, 0.3) is 0 Å². The van der Waals surface area contributed by atoms with E-state index in [0.717, 1.165) is 0 Å². The van der Waals surface area contributed by atoms with E-state index in [9.17, 15) is 5.11 Å². The van der Waals surface area contributed by atoms with Gasteiger partial charge < -0.3 is 24.4 Å². The number of hydrogen-bond acceptors (Lipinski definition) is 5. The van der Waals surface area contributed by atoms with Gasteiger partial charge in [-0.2, -0.15) is 0 Å². The van der Waals surface area contributed by atoms with E-state index in [1.807, 2.05) is 0 Å². The molecule has 1 unspecified atom stereocenters. The summed E-state index contributed by atoms with van der Waals surface area (Å²) in [6.45, 7) is 1.53. The lowest BCUT2D eigenvalue weighted by molar-refractivity contribution is -0.167. The molecule has 5 heteroatoms. The molecule has 0 bridgehead atoms. The van der Waals surface area contributed by atoms with Gasteiger partial charge >= 0.3 is 0 Å². The Kier molecular flexibility index (Phi) is 2.05. The molecule has 2 saturated heterocycles. The van der Waals surface area contributed by atoms with Crippen LogP contribution in [0.15, 0.2) is 0 Å². The zero-order chi connectivity index (χ0) is 8.72. The molecular formula is C7H12O5. The van der Waals surface area contributed by atoms with E-state index in [1.165, 1.54) is 0 Å². The SMILES string of the molecule is CC1O[C@H]2O[C@H](CO)[C@H](O)[C@H]2O1. The van der Waals surface area contributed by atoms with Crippen molar-refractivity contribution in [3.63, 3.8) is 0 Å². The monoisotopic (exact) mass is 176 g/mol. The average molecular weight is 176 g/mol. The molecule has 0 radical (unpaired) electrons. The van der Waals surface area contributed by atoms with Crippen molar-refractivity contribution in [2.24, 2.45) is 0 Å². The normalized spacial score (nSPS) is 52.8. The Hall–Kier alpha value is -0.200. The molecule has 2 heterocycles. The predicted molar refractivity (Wildman–Crippen MR) is 37.2 cm³/mol. The van der Waals surface area contributed by atoms with Crippen LogP contribution in [-0.4, -0.2) is 47.7 Å². The molecular weight excluding hydrogens is 164 g/mol. The maximum Gasteiger partial charge on any atom is 0.190 e. The molecule has 2 aliphatic heterocycles. The molecule has 2 aliphatic rings. The van der Waals surface area contributed by atoms with Gasteiger partial charge in [0.1, 0.15) is 18.3 Å². The Bertz CT molecular complexity index is 171. The first kappa shape index (κ1) is 8.40. The van der Waals surface area contributed by atoms with Crippen LogP contribution in [0.3, 0.4) is 0 Å². The van der Waals surface area contributed by atoms with Crippen LogP contribution in [0.4, 0.5) is 0 Å². The maximum absolute atomic E-state index is 9.49. The van der Waals surface area contributed by atoms with Crippen LogP contribution >= 0.6 is 0 Å². The van der Waals surface area contributed by atoms with Gasteiger partial charge in [-0.25, -0.2) is 0 Å². The standard InChI is InChI=1S/C7H12O5/c1-3-10-6-5(9)4(2-8)12-7(6)11-3/h3-9H,2H2,1H3/t3?,4-,5+,6-,7+/m1/s1. The van der Waals surface area contributed by atoms with Gasteiger partial charge in [-0.1, -0.05) is 0 Å². The minimum Gasteiger partial charge on any atom is -0.394 e. The quantitative estimate of drug-likeness (QED) is 0.526. The first-order valence-electron chi connectivity index (χ1n) is 3.97. The first-order chi connectivity index (χ1) is 5.72. The third kappa shape index (κ3) is 1.14. The van der Waals surface area contributed by atoms with Gasteiger partial charge in [0, 0.05) is 0 Å². The lowest BCUT2D eigenvalue weighted by Gasteiger charge is -2.14. The number of aliphatic hydroxyl groups excluding tert-OH is 2. The fourth-order valence-corrected chi connectivity index (χ4v) is 1.55. The summed E-state index contributed by atoms with van der Waals surface area (Å²) in [6, 6.07) is 0. The third-order valence-electron chi connectivity index (χ3n) is 2.15. The van der Waals surface area contributed by atoms with Crippen LogP contribution in [-0.2, 0) is 14.2 Å². The van der Waals surface area contributed by atoms with E-state index in [-0.39, 0.29) is 12.9 Å². The van der Waals surface area contributed by atoms with Gasteiger partial charge in [0.05, 0.1) is 6.61 Å². The summed E-state index contributed by atoms with van der Waals surface area (Å²) in [7, 11) is 0. The number of ether oxygens (including phenoxy) is 3. The van der Waals surface area contributed by atoms with Gasteiger partial charge in [0.25, 0.3) is 0 Å². The molecule has 2 rings (SSSR count). The van der Waals surface area contributed by atoms with Crippen molar-refractivity contribution >= 4 is 0 Å². The van der Waals surface area contributed by atoms with Crippen molar-refractivity contribution in [3.8, 4) is 0 Å². The molecule has 5 nitrogen and oxygen atoms in total. The third-order valence-corrected chi connectivity index (χ3v) is 2.15. The summed E-state index contributed by atoms with van der Waals surface area (Å²) in [6.07, 6.45) is -2.67. The summed E-state index contributed by atoms with van der Waals surface area (Å²) >= 11 is 0. The molecule has 0 saturated carbocycles. The lowest BCUT2D eigenvalue weighted by Crippen LogP contribution is -2.33. The van der Waals surface area contributed by atoms with Gasteiger partial charge in [0.2, 0.25) is 0 Å². The molecule has 0 spiro atoms. The fraction of sp³-hybridized carbons (Fsp3) is 1.00. The zero-order valence-electron chi connectivity index (χ0n) is 6.71. The molecule has 0 aromatic carbocycles. The van der Waals surface area contributed by atoms with Crippen molar-refractivity contribution in [1.29, 1.82) is 0 Å². The highest BCUT2D eigenvalue weighted by Gasteiger charge is 2.50. The van der Waals surface area contributed by atoms with Crippen molar-refractivity contribution in [2.75, 3.05) is 6.61 Å². The second-order valence-corrected chi connectivity index (χ2v) is 3.02. The Morgan fingerprint density at radius 1 is 1.25 bits per heavy atom. The molecule has 12 heavy (non-hydrogen) atoms. The minimum absolute atomic E-state index is 0.213. The van der Waals surface area contributed by atoms with Crippen LogP contribution < -0.4 is 0 Å². The van der Waals surface area contributed by atoms with Crippen LogP contribution in [0.5, 0.6) is 0 Å². The van der Waals surface area contributed by atoms with Gasteiger partial charge in [-0.3, -0.25) is 0 Å². The summed E-state index contributed by atoms with van der Waals surface area (Å²) < 4.78 is 15.6. The van der Waals surface area contributed by atoms with Crippen LogP contribution in [0.1, 0.15) is 6.92 Å². The van der Waals surface area contributed by atoms with E-state index < -0.39 is 24.6 Å². The summed E-state index contributed by atoms with van der Waals surface area (Å²) in [5.74, 6) is 0. The van der Waals surface area contributed by atoms with E-state index in [4.69, 9.17) is 19.3 Å². The molecule has 0 aromatic rings. The first-order valence-corrected chi connectivity index (χ1v) is 3.97. The topological polar surface area (TPSA) is 68.2 Å². The highest BCUT2D eigenvalue weighted by Crippen LogP contribution is 2.31. The van der Waals surface area contributed by atoms with Crippen molar-refractivity contribution in [2.45, 2.75) is 37.8 Å². The zero-order valence-corrected chi connectivity index (χ0v) is 6.71. The van der Waals surface area contributed by atoms with Gasteiger partial charge in [-0.15, -0.1) is 0 Å². The summed E-state index contributed by atoms with van der Waals surface area (Å²) in [4.78, 5) is 0. The Balaban J connectivity index is 2.03. The molecule has 5 atom stereocenters. The summed E-state index contributed by atoms with van der Waals surface area (Å²) in [5, 5.41) is 18.2. The van der Waals surface area contributed by atoms with Crippen molar-refractivity contribution in [3.05, 3.63) is 0 Å². The van der Waals surface area contributed by atoms with Crippen molar-refractivity contribution < 1.29 is 24.4 Å². The average Bonchev–Trinajstić information content (AvgIpc) is 2.51. The Morgan fingerprint density at radius 3 is 2.58 bits per heavy atom. The highest BCUT2D eigenvalue weighted by molar-refractivity contribution is 4.90. The smallest absolute Gasteiger partial charge is 0.190 e. The van der Waals surface area contributed by atoms with Gasteiger partial charge in [-0.05, 0) is 6.92 Å². The second kappa shape index (κ2) is 2.93. The van der Waals surface area contributed by atoms with Crippen LogP contribution in [0.2, 0.25) is 0 Å². The van der Waals surface area contributed by atoms with E-state index >= 15 is 0 Å². The minimum atomic E-state index is -0.787. The number of rotatable bonds is 1. The van der Waals surface area contributed by atoms with E-state index in [1.54, 1.807) is 6.92 Å². The lowest BCUT2D eigenvalue weighted by atomic mass is 10.1. The molecule has 2 N–H and O–H groups in total. The molecule has 2 fully saturated rings. The summed E-state index contributed by atoms with van der Waals surface area (Å²) in [5.41, 5.74) is 0. The van der Waals surface area contributed by atoms with E-state index in [0.29, 0.717) is 0 Å². The Morgan fingerprint density at radius 2 is 2.00 bits per heavy atom. The van der Waals surface area contributed by atoms with Crippen molar-refractivity contribution in [1.82, 2.24) is 0 Å². The second-order valence-electron chi connectivity index (χ2n) is 3.02. The fourth-order valence-electron chi connectivity index (χ4n) is 1.55. The number of hydrogen-bond donors (Lipinski definition) is 2. The predicted octanol–water partition coefficient (Wildman–Crippen LogP) is -1.17. The Labute approximate surface area is 69.8 Å². The highest BCUT2D eigenvalue weighted by atomic mass is 16.8. The number of fused-ring (bicyclic) bond motifs is 1. The number of aliphatic hydroxyl groups is 2. The molecule has 0 amide bonds. The molecule has 70 valence electrons. The largest absolute Gasteiger partial charge is 0.394 e. The maximum atomic E-state index is 9.49.